The lowest BCUT2D eigenvalue weighted by Crippen LogP contribution is -2.49. The molecule has 1 saturated heterocycles. The molecule has 0 amide bonds. The molecule has 1 atom stereocenters. The number of anilines is 3. The molecule has 3 aromatic rings. The Morgan fingerprint density at radius 1 is 1.31 bits per heavy atom. The number of nitrogens with zero attached hydrogens (tertiary/aromatic N) is 4. The van der Waals surface area contributed by atoms with E-state index >= 15 is 0 Å². The second-order valence-electron chi connectivity index (χ2n) is 7.24. The van der Waals surface area contributed by atoms with Crippen molar-refractivity contribution in [2.45, 2.75) is 24.0 Å². The molecule has 0 aromatic carbocycles. The molecule has 1 unspecified atom stereocenters. The Hall–Kier alpha value is -2.08. The van der Waals surface area contributed by atoms with E-state index in [1.807, 2.05) is 12.3 Å². The van der Waals surface area contributed by atoms with Crippen molar-refractivity contribution < 1.29 is 13.2 Å². The molecule has 4 heterocycles. The number of piperazine rings is 1. The van der Waals surface area contributed by atoms with E-state index in [1.165, 1.54) is 23.1 Å². The molecule has 0 radical (unpaired) electrons. The van der Waals surface area contributed by atoms with Crippen LogP contribution < -0.4 is 15.5 Å². The number of rotatable bonds is 5. The average Bonchev–Trinajstić information content (AvgIpc) is 3.24. The van der Waals surface area contributed by atoms with Crippen LogP contribution in [0.25, 0.3) is 10.6 Å². The highest BCUT2D eigenvalue weighted by Crippen LogP contribution is 2.39. The van der Waals surface area contributed by atoms with E-state index in [2.05, 4.69) is 37.4 Å². The van der Waals surface area contributed by atoms with Crippen molar-refractivity contribution in [1.82, 2.24) is 20.3 Å². The normalized spacial score (nSPS) is 16.9. The van der Waals surface area contributed by atoms with Crippen LogP contribution in [0.2, 0.25) is 5.15 Å². The SMILES string of the molecule is CSc1csc(-c2nc(Nc3ccc(N4CCNC(C)C4)nc3Cl)ncc2C(F)(F)F)c1. The monoisotopic (exact) mass is 500 g/mol. The first-order chi connectivity index (χ1) is 15.2. The van der Waals surface area contributed by atoms with Gasteiger partial charge < -0.3 is 15.5 Å². The molecule has 1 aliphatic rings. The van der Waals surface area contributed by atoms with Crippen molar-refractivity contribution in [3.05, 3.63) is 40.5 Å². The van der Waals surface area contributed by atoms with Crippen LogP contribution in [0.3, 0.4) is 0 Å². The van der Waals surface area contributed by atoms with E-state index in [4.69, 9.17) is 11.6 Å². The first-order valence-electron chi connectivity index (χ1n) is 9.73. The van der Waals surface area contributed by atoms with Crippen molar-refractivity contribution in [2.75, 3.05) is 36.1 Å². The van der Waals surface area contributed by atoms with Crippen LogP contribution in [-0.4, -0.2) is 46.9 Å². The highest BCUT2D eigenvalue weighted by molar-refractivity contribution is 7.98. The summed E-state index contributed by atoms with van der Waals surface area (Å²) in [6.07, 6.45) is -1.91. The van der Waals surface area contributed by atoms with Gasteiger partial charge in [-0.1, -0.05) is 11.6 Å². The van der Waals surface area contributed by atoms with Crippen LogP contribution in [0.5, 0.6) is 0 Å². The van der Waals surface area contributed by atoms with E-state index < -0.39 is 11.7 Å². The fourth-order valence-electron chi connectivity index (χ4n) is 3.34. The van der Waals surface area contributed by atoms with E-state index in [9.17, 15) is 13.2 Å². The quantitative estimate of drug-likeness (QED) is 0.352. The maximum absolute atomic E-state index is 13.6. The number of aromatic nitrogens is 3. The molecule has 12 heteroatoms. The Balaban J connectivity index is 1.62. The minimum absolute atomic E-state index is 0.0133. The molecule has 0 aliphatic carbocycles. The van der Waals surface area contributed by atoms with Crippen LogP contribution in [0.4, 0.5) is 30.6 Å². The first kappa shape index (κ1) is 23.1. The summed E-state index contributed by atoms with van der Waals surface area (Å²) in [5.41, 5.74) is -0.638. The summed E-state index contributed by atoms with van der Waals surface area (Å²) >= 11 is 9.03. The predicted molar refractivity (Wildman–Crippen MR) is 124 cm³/mol. The number of alkyl halides is 3. The second kappa shape index (κ2) is 9.42. The zero-order valence-corrected chi connectivity index (χ0v) is 19.6. The highest BCUT2D eigenvalue weighted by Gasteiger charge is 2.36. The van der Waals surface area contributed by atoms with Gasteiger partial charge in [-0.25, -0.2) is 15.0 Å². The number of nitrogens with one attached hydrogen (secondary N) is 2. The standard InChI is InChI=1S/C20H20ClF3N6S2/c1-11-9-30(6-5-25-11)16-4-3-14(18(21)28-16)27-19-26-8-13(20(22,23)24)17(29-19)15-7-12(31-2)10-32-15/h3-4,7-8,10-11,25H,5-6,9H2,1-2H3,(H,26,27,29). The summed E-state index contributed by atoms with van der Waals surface area (Å²) in [5, 5.41) is 8.26. The van der Waals surface area contributed by atoms with Crippen LogP contribution in [0, 0.1) is 0 Å². The maximum atomic E-state index is 13.6. The smallest absolute Gasteiger partial charge is 0.354 e. The van der Waals surface area contributed by atoms with Crippen LogP contribution in [-0.2, 0) is 6.18 Å². The van der Waals surface area contributed by atoms with E-state index in [-0.39, 0.29) is 16.8 Å². The van der Waals surface area contributed by atoms with Gasteiger partial charge in [-0.05, 0) is 31.4 Å². The molecule has 6 nitrogen and oxygen atoms in total. The molecule has 0 saturated carbocycles. The predicted octanol–water partition coefficient (Wildman–Crippen LogP) is 5.54. The Morgan fingerprint density at radius 3 is 2.78 bits per heavy atom. The molecule has 32 heavy (non-hydrogen) atoms. The zero-order valence-electron chi connectivity index (χ0n) is 17.2. The van der Waals surface area contributed by atoms with Gasteiger partial charge >= 0.3 is 6.18 Å². The lowest BCUT2D eigenvalue weighted by atomic mass is 10.2. The number of hydrogen-bond acceptors (Lipinski definition) is 8. The molecule has 1 aliphatic heterocycles. The lowest BCUT2D eigenvalue weighted by Gasteiger charge is -2.32. The minimum atomic E-state index is -4.57. The summed E-state index contributed by atoms with van der Waals surface area (Å²) in [4.78, 5) is 15.9. The van der Waals surface area contributed by atoms with Gasteiger partial charge in [0.1, 0.15) is 11.4 Å². The maximum Gasteiger partial charge on any atom is 0.420 e. The molecule has 4 rings (SSSR count). The topological polar surface area (TPSA) is 66.0 Å². The van der Waals surface area contributed by atoms with Gasteiger partial charge in [0.15, 0.2) is 5.15 Å². The van der Waals surface area contributed by atoms with E-state index in [0.717, 1.165) is 36.5 Å². The Morgan fingerprint density at radius 2 is 2.12 bits per heavy atom. The molecule has 0 spiro atoms. The molecular formula is C20H20ClF3N6S2. The fourth-order valence-corrected chi connectivity index (χ4v) is 5.15. The van der Waals surface area contributed by atoms with Crippen molar-refractivity contribution in [2.24, 2.45) is 0 Å². The van der Waals surface area contributed by atoms with Gasteiger partial charge in [0.25, 0.3) is 0 Å². The number of thiophene rings is 1. The summed E-state index contributed by atoms with van der Waals surface area (Å²) in [6.45, 7) is 4.56. The van der Waals surface area contributed by atoms with Crippen LogP contribution in [0.1, 0.15) is 12.5 Å². The van der Waals surface area contributed by atoms with Crippen LogP contribution in [0.15, 0.2) is 34.7 Å². The summed E-state index contributed by atoms with van der Waals surface area (Å²) < 4.78 is 40.7. The number of pyridine rings is 1. The average molecular weight is 501 g/mol. The fraction of sp³-hybridized carbons (Fsp3) is 0.350. The summed E-state index contributed by atoms with van der Waals surface area (Å²) in [6, 6.07) is 5.58. The highest BCUT2D eigenvalue weighted by atomic mass is 35.5. The van der Waals surface area contributed by atoms with Crippen molar-refractivity contribution in [3.63, 3.8) is 0 Å². The van der Waals surface area contributed by atoms with Crippen molar-refractivity contribution in [1.29, 1.82) is 0 Å². The van der Waals surface area contributed by atoms with Gasteiger partial charge in [-0.3, -0.25) is 0 Å². The van der Waals surface area contributed by atoms with Gasteiger partial charge in [-0.15, -0.1) is 23.1 Å². The Labute approximate surface area is 196 Å². The third-order valence-corrected chi connectivity index (χ3v) is 6.99. The van der Waals surface area contributed by atoms with Gasteiger partial charge in [0.05, 0.1) is 16.3 Å². The first-order valence-corrected chi connectivity index (χ1v) is 12.2. The lowest BCUT2D eigenvalue weighted by molar-refractivity contribution is -0.137. The second-order valence-corrected chi connectivity index (χ2v) is 9.39. The van der Waals surface area contributed by atoms with Gasteiger partial charge in [-0.2, -0.15) is 13.2 Å². The van der Waals surface area contributed by atoms with Gasteiger partial charge in [0, 0.05) is 42.1 Å². The summed E-state index contributed by atoms with van der Waals surface area (Å²) in [7, 11) is 0. The van der Waals surface area contributed by atoms with Gasteiger partial charge in [0.2, 0.25) is 5.95 Å². The van der Waals surface area contributed by atoms with E-state index in [1.54, 1.807) is 17.5 Å². The number of thioether (sulfide) groups is 1. The molecule has 0 bridgehead atoms. The van der Waals surface area contributed by atoms with Crippen molar-refractivity contribution >= 4 is 52.2 Å². The number of halogens is 4. The zero-order chi connectivity index (χ0) is 22.9. The van der Waals surface area contributed by atoms with Crippen molar-refractivity contribution in [3.8, 4) is 10.6 Å². The summed E-state index contributed by atoms with van der Waals surface area (Å²) in [5.74, 6) is 0.755. The molecule has 1 fully saturated rings. The third-order valence-electron chi connectivity index (χ3n) is 4.91. The largest absolute Gasteiger partial charge is 0.420 e. The Bertz CT molecular complexity index is 1110. The molecular weight excluding hydrogens is 481 g/mol. The third kappa shape index (κ3) is 5.11. The minimum Gasteiger partial charge on any atom is -0.354 e. The Kier molecular flexibility index (Phi) is 6.80. The number of hydrogen-bond donors (Lipinski definition) is 2. The molecule has 2 N–H and O–H groups in total. The van der Waals surface area contributed by atoms with Crippen LogP contribution >= 0.6 is 34.7 Å². The molecule has 170 valence electrons. The molecule has 3 aromatic heterocycles. The van der Waals surface area contributed by atoms with E-state index in [0.29, 0.717) is 16.6 Å².